The average Bonchev–Trinajstić information content (AvgIpc) is 2.90. The summed E-state index contributed by atoms with van der Waals surface area (Å²) in [5, 5.41) is 3.41. The first-order valence-electron chi connectivity index (χ1n) is 6.87. The minimum Gasteiger partial charge on any atom is -0.491 e. The van der Waals surface area contributed by atoms with Crippen molar-refractivity contribution in [3.8, 4) is 5.75 Å². The highest BCUT2D eigenvalue weighted by atomic mass is 16.5. The van der Waals surface area contributed by atoms with Gasteiger partial charge in [0.2, 0.25) is 0 Å². The normalized spacial score (nSPS) is 20.9. The highest BCUT2D eigenvalue weighted by Gasteiger charge is 2.16. The summed E-state index contributed by atoms with van der Waals surface area (Å²) in [4.78, 5) is 0. The van der Waals surface area contributed by atoms with E-state index in [1.54, 1.807) is 0 Å². The molecule has 1 fully saturated rings. The minimum absolute atomic E-state index is 0.278. The summed E-state index contributed by atoms with van der Waals surface area (Å²) in [6.45, 7) is 6.81. The van der Waals surface area contributed by atoms with E-state index >= 15 is 0 Å². The fourth-order valence-electron chi connectivity index (χ4n) is 2.26. The lowest BCUT2D eigenvalue weighted by atomic mass is 10.1. The van der Waals surface area contributed by atoms with Gasteiger partial charge in [-0.2, -0.15) is 0 Å². The van der Waals surface area contributed by atoms with E-state index in [-0.39, 0.29) is 6.10 Å². The minimum atomic E-state index is 0.278. The van der Waals surface area contributed by atoms with E-state index in [2.05, 4.69) is 31.3 Å². The molecule has 18 heavy (non-hydrogen) atoms. The van der Waals surface area contributed by atoms with Crippen LogP contribution in [0, 0.1) is 0 Å². The van der Waals surface area contributed by atoms with Crippen LogP contribution in [0.2, 0.25) is 0 Å². The zero-order valence-electron chi connectivity index (χ0n) is 11.3. The number of benzene rings is 1. The van der Waals surface area contributed by atoms with E-state index < -0.39 is 0 Å². The molecule has 1 aliphatic heterocycles. The van der Waals surface area contributed by atoms with Crippen LogP contribution < -0.4 is 10.1 Å². The van der Waals surface area contributed by atoms with Crippen LogP contribution >= 0.6 is 0 Å². The maximum Gasteiger partial charge on any atom is 0.119 e. The van der Waals surface area contributed by atoms with Gasteiger partial charge < -0.3 is 14.8 Å². The third-order valence-corrected chi connectivity index (χ3v) is 3.33. The quantitative estimate of drug-likeness (QED) is 0.841. The second-order valence-corrected chi connectivity index (χ2v) is 4.80. The number of rotatable bonds is 6. The predicted octanol–water partition coefficient (Wildman–Crippen LogP) is 2.91. The van der Waals surface area contributed by atoms with Crippen molar-refractivity contribution in [2.45, 2.75) is 38.8 Å². The Morgan fingerprint density at radius 2 is 2.39 bits per heavy atom. The van der Waals surface area contributed by atoms with Crippen molar-refractivity contribution < 1.29 is 9.47 Å². The van der Waals surface area contributed by atoms with Gasteiger partial charge in [-0.3, -0.25) is 0 Å². The predicted molar refractivity (Wildman–Crippen MR) is 73.0 cm³/mol. The summed E-state index contributed by atoms with van der Waals surface area (Å²) in [6.07, 6.45) is 2.55. The van der Waals surface area contributed by atoms with Gasteiger partial charge in [-0.1, -0.05) is 19.1 Å². The third-order valence-electron chi connectivity index (χ3n) is 3.33. The van der Waals surface area contributed by atoms with E-state index in [4.69, 9.17) is 9.47 Å². The molecule has 0 aromatic heterocycles. The van der Waals surface area contributed by atoms with Crippen LogP contribution in [0.5, 0.6) is 5.75 Å². The summed E-state index contributed by atoms with van der Waals surface area (Å²) >= 11 is 0. The smallest absolute Gasteiger partial charge is 0.119 e. The molecule has 0 amide bonds. The van der Waals surface area contributed by atoms with Crippen molar-refractivity contribution >= 4 is 0 Å². The molecule has 3 heteroatoms. The Bertz CT molecular complexity index is 361. The number of hydrogen-bond donors (Lipinski definition) is 1. The first kappa shape index (κ1) is 13.4. The van der Waals surface area contributed by atoms with E-state index in [1.165, 1.54) is 5.56 Å². The molecule has 2 atom stereocenters. The molecule has 0 spiro atoms. The third kappa shape index (κ3) is 3.72. The first-order valence-corrected chi connectivity index (χ1v) is 6.87. The van der Waals surface area contributed by atoms with E-state index in [0.717, 1.165) is 31.7 Å². The second kappa shape index (κ2) is 6.76. The standard InChI is InChI=1S/C15H23NO2/c1-3-16-12(2)13-6-4-7-14(10-13)18-11-15-8-5-9-17-15/h4,6-7,10,12,15-16H,3,5,8-9,11H2,1-2H3. The Labute approximate surface area is 109 Å². The molecule has 1 aliphatic rings. The number of hydrogen-bond acceptors (Lipinski definition) is 3. The van der Waals surface area contributed by atoms with Crippen LogP contribution in [0.1, 0.15) is 38.3 Å². The molecule has 1 saturated heterocycles. The molecule has 1 aromatic carbocycles. The van der Waals surface area contributed by atoms with Gasteiger partial charge in [0.15, 0.2) is 0 Å². The molecule has 2 rings (SSSR count). The lowest BCUT2D eigenvalue weighted by molar-refractivity contribution is 0.0679. The number of ether oxygens (including phenoxy) is 2. The molecule has 0 aliphatic carbocycles. The van der Waals surface area contributed by atoms with Crippen molar-refractivity contribution in [2.75, 3.05) is 19.8 Å². The van der Waals surface area contributed by atoms with E-state index in [1.807, 2.05) is 12.1 Å². The molecule has 1 N–H and O–H groups in total. The van der Waals surface area contributed by atoms with Gasteiger partial charge in [-0.25, -0.2) is 0 Å². The number of nitrogens with one attached hydrogen (secondary N) is 1. The molecular weight excluding hydrogens is 226 g/mol. The van der Waals surface area contributed by atoms with Gasteiger partial charge in [0.1, 0.15) is 12.4 Å². The Morgan fingerprint density at radius 1 is 1.50 bits per heavy atom. The molecule has 1 heterocycles. The SMILES string of the molecule is CCNC(C)c1cccc(OCC2CCCO2)c1. The Kier molecular flexibility index (Phi) is 5.02. The van der Waals surface area contributed by atoms with Gasteiger partial charge in [-0.15, -0.1) is 0 Å². The van der Waals surface area contributed by atoms with Gasteiger partial charge in [0.25, 0.3) is 0 Å². The van der Waals surface area contributed by atoms with Crippen LogP contribution in [0.3, 0.4) is 0 Å². The van der Waals surface area contributed by atoms with E-state index in [9.17, 15) is 0 Å². The largest absolute Gasteiger partial charge is 0.491 e. The van der Waals surface area contributed by atoms with Crippen molar-refractivity contribution in [1.82, 2.24) is 5.32 Å². The van der Waals surface area contributed by atoms with Crippen molar-refractivity contribution in [3.63, 3.8) is 0 Å². The highest BCUT2D eigenvalue weighted by Crippen LogP contribution is 2.20. The van der Waals surface area contributed by atoms with Crippen molar-refractivity contribution in [2.24, 2.45) is 0 Å². The Balaban J connectivity index is 1.89. The molecular formula is C15H23NO2. The lowest BCUT2D eigenvalue weighted by Gasteiger charge is -2.15. The maximum atomic E-state index is 5.81. The Morgan fingerprint density at radius 3 is 3.11 bits per heavy atom. The van der Waals surface area contributed by atoms with Gasteiger partial charge in [0, 0.05) is 12.6 Å². The fourth-order valence-corrected chi connectivity index (χ4v) is 2.26. The van der Waals surface area contributed by atoms with E-state index in [0.29, 0.717) is 12.6 Å². The molecule has 100 valence electrons. The maximum absolute atomic E-state index is 5.81. The lowest BCUT2D eigenvalue weighted by Crippen LogP contribution is -2.18. The molecule has 3 nitrogen and oxygen atoms in total. The van der Waals surface area contributed by atoms with Crippen LogP contribution in [-0.4, -0.2) is 25.9 Å². The van der Waals surface area contributed by atoms with Gasteiger partial charge in [-0.05, 0) is 44.0 Å². The molecule has 2 unspecified atom stereocenters. The zero-order valence-corrected chi connectivity index (χ0v) is 11.3. The average molecular weight is 249 g/mol. The molecule has 0 saturated carbocycles. The monoisotopic (exact) mass is 249 g/mol. The van der Waals surface area contributed by atoms with Crippen LogP contribution in [0.25, 0.3) is 0 Å². The molecule has 0 bridgehead atoms. The second-order valence-electron chi connectivity index (χ2n) is 4.80. The van der Waals surface area contributed by atoms with Crippen LogP contribution in [-0.2, 0) is 4.74 Å². The van der Waals surface area contributed by atoms with Crippen LogP contribution in [0.4, 0.5) is 0 Å². The molecule has 0 radical (unpaired) electrons. The fraction of sp³-hybridized carbons (Fsp3) is 0.600. The summed E-state index contributed by atoms with van der Waals surface area (Å²) in [6, 6.07) is 8.67. The van der Waals surface area contributed by atoms with Crippen LogP contribution in [0.15, 0.2) is 24.3 Å². The summed E-state index contributed by atoms with van der Waals surface area (Å²) < 4.78 is 11.4. The van der Waals surface area contributed by atoms with Gasteiger partial charge in [0.05, 0.1) is 6.10 Å². The zero-order chi connectivity index (χ0) is 12.8. The summed E-state index contributed by atoms with van der Waals surface area (Å²) in [5.41, 5.74) is 1.27. The molecule has 1 aromatic rings. The van der Waals surface area contributed by atoms with Crippen molar-refractivity contribution in [3.05, 3.63) is 29.8 Å². The topological polar surface area (TPSA) is 30.5 Å². The van der Waals surface area contributed by atoms with Gasteiger partial charge >= 0.3 is 0 Å². The summed E-state index contributed by atoms with van der Waals surface area (Å²) in [5.74, 6) is 0.938. The van der Waals surface area contributed by atoms with Crippen molar-refractivity contribution in [1.29, 1.82) is 0 Å². The highest BCUT2D eigenvalue weighted by molar-refractivity contribution is 5.30. The summed E-state index contributed by atoms with van der Waals surface area (Å²) in [7, 11) is 0. The Hall–Kier alpha value is -1.06. The first-order chi connectivity index (χ1) is 8.79.